The lowest BCUT2D eigenvalue weighted by atomic mass is 9.93. The first-order chi connectivity index (χ1) is 13.6. The van der Waals surface area contributed by atoms with Gasteiger partial charge in [0.05, 0.1) is 0 Å². The van der Waals surface area contributed by atoms with Crippen LogP contribution >= 0.6 is 0 Å². The van der Waals surface area contributed by atoms with Crippen LogP contribution in [-0.4, -0.2) is 18.1 Å². The van der Waals surface area contributed by atoms with Crippen molar-refractivity contribution in [3.63, 3.8) is 0 Å². The van der Waals surface area contributed by atoms with Crippen molar-refractivity contribution >= 4 is 22.9 Å². The van der Waals surface area contributed by atoms with Crippen molar-refractivity contribution in [3.8, 4) is 0 Å². The number of nitrogen functional groups attached to an aromatic ring is 1. The van der Waals surface area contributed by atoms with E-state index < -0.39 is 0 Å². The van der Waals surface area contributed by atoms with Gasteiger partial charge in [-0.1, -0.05) is 26.0 Å². The molecule has 1 aliphatic carbocycles. The lowest BCUT2D eigenvalue weighted by Crippen LogP contribution is -2.35. The molecule has 4 nitrogen and oxygen atoms in total. The van der Waals surface area contributed by atoms with Gasteiger partial charge in [0.25, 0.3) is 0 Å². The quantitative estimate of drug-likeness (QED) is 0.629. The van der Waals surface area contributed by atoms with Gasteiger partial charge in [0.1, 0.15) is 5.82 Å². The monoisotopic (exact) mass is 376 g/mol. The van der Waals surface area contributed by atoms with Crippen LogP contribution in [0.15, 0.2) is 43.0 Å². The molecule has 4 heteroatoms. The van der Waals surface area contributed by atoms with Gasteiger partial charge < -0.3 is 16.0 Å². The van der Waals surface area contributed by atoms with E-state index in [4.69, 9.17) is 10.7 Å². The van der Waals surface area contributed by atoms with Crippen LogP contribution in [0.5, 0.6) is 0 Å². The Bertz CT molecular complexity index is 843. The van der Waals surface area contributed by atoms with Gasteiger partial charge in [0.2, 0.25) is 0 Å². The number of nitrogens with one attached hydrogen (secondary N) is 1. The van der Waals surface area contributed by atoms with Gasteiger partial charge in [-0.2, -0.15) is 0 Å². The Labute approximate surface area is 168 Å². The van der Waals surface area contributed by atoms with Gasteiger partial charge >= 0.3 is 0 Å². The summed E-state index contributed by atoms with van der Waals surface area (Å²) in [6.45, 7) is 8.74. The molecule has 2 aromatic rings. The van der Waals surface area contributed by atoms with Crippen molar-refractivity contribution < 1.29 is 0 Å². The predicted octanol–water partition coefficient (Wildman–Crippen LogP) is 5.47. The normalized spacial score (nSPS) is 17.5. The minimum atomic E-state index is 0.662. The number of hydrogen-bond acceptors (Lipinski definition) is 4. The summed E-state index contributed by atoms with van der Waals surface area (Å²) < 4.78 is 0. The van der Waals surface area contributed by atoms with Crippen molar-refractivity contribution in [2.75, 3.05) is 29.0 Å². The number of nitrogens with two attached hydrogens (primary N) is 1. The highest BCUT2D eigenvalue weighted by atomic mass is 15.1. The Morgan fingerprint density at radius 3 is 2.68 bits per heavy atom. The fourth-order valence-corrected chi connectivity index (χ4v) is 4.23. The number of aryl methyl sites for hydroxylation is 1. The maximum atomic E-state index is 6.13. The average molecular weight is 377 g/mol. The Kier molecular flexibility index (Phi) is 5.29. The molecule has 1 saturated carbocycles. The number of anilines is 3. The molecule has 2 heterocycles. The largest absolute Gasteiger partial charge is 0.399 e. The number of hydrogen-bond donors (Lipinski definition) is 2. The molecule has 0 amide bonds. The molecule has 2 fully saturated rings. The number of rotatable bonds is 7. The van der Waals surface area contributed by atoms with Gasteiger partial charge in [-0.3, -0.25) is 0 Å². The molecule has 1 aliphatic heterocycles. The van der Waals surface area contributed by atoms with Crippen LogP contribution in [0.4, 0.5) is 17.2 Å². The van der Waals surface area contributed by atoms with E-state index in [0.717, 1.165) is 54.4 Å². The number of piperidine rings is 1. The van der Waals surface area contributed by atoms with E-state index in [1.165, 1.54) is 37.8 Å². The molecule has 0 unspecified atom stereocenters. The summed E-state index contributed by atoms with van der Waals surface area (Å²) in [5, 5.41) is 3.43. The highest BCUT2D eigenvalue weighted by Crippen LogP contribution is 2.54. The summed E-state index contributed by atoms with van der Waals surface area (Å²) in [7, 11) is 0. The lowest BCUT2D eigenvalue weighted by Gasteiger charge is -2.35. The third-order valence-electron chi connectivity index (χ3n) is 6.34. The van der Waals surface area contributed by atoms with Crippen molar-refractivity contribution in [2.45, 2.75) is 51.9 Å². The van der Waals surface area contributed by atoms with E-state index in [-0.39, 0.29) is 0 Å². The summed E-state index contributed by atoms with van der Waals surface area (Å²) in [4.78, 5) is 7.23. The molecule has 0 radical (unpaired) electrons. The maximum absolute atomic E-state index is 6.13. The Morgan fingerprint density at radius 2 is 1.96 bits per heavy atom. The second-order valence-corrected chi connectivity index (χ2v) is 8.48. The van der Waals surface area contributed by atoms with Crippen LogP contribution in [0, 0.1) is 5.41 Å². The smallest absolute Gasteiger partial charge is 0.130 e. The number of benzene rings is 1. The van der Waals surface area contributed by atoms with E-state index in [2.05, 4.69) is 48.0 Å². The second kappa shape index (κ2) is 7.86. The molecule has 0 bridgehead atoms. The zero-order valence-corrected chi connectivity index (χ0v) is 17.0. The summed E-state index contributed by atoms with van der Waals surface area (Å²) in [5.41, 5.74) is 11.9. The summed E-state index contributed by atoms with van der Waals surface area (Å²) in [6.07, 6.45) is 8.78. The van der Waals surface area contributed by atoms with E-state index in [1.54, 1.807) is 0 Å². The van der Waals surface area contributed by atoms with Crippen molar-refractivity contribution in [2.24, 2.45) is 5.41 Å². The van der Waals surface area contributed by atoms with Gasteiger partial charge in [-0.15, -0.1) is 0 Å². The van der Waals surface area contributed by atoms with Gasteiger partial charge in [0.15, 0.2) is 0 Å². The molecule has 2 aliphatic rings. The predicted molar refractivity (Wildman–Crippen MR) is 119 cm³/mol. The summed E-state index contributed by atoms with van der Waals surface area (Å²) in [5.74, 6) is 0.858. The highest BCUT2D eigenvalue weighted by Gasteiger charge is 2.44. The summed E-state index contributed by atoms with van der Waals surface area (Å²) in [6, 6.07) is 12.3. The third-order valence-corrected chi connectivity index (χ3v) is 6.34. The van der Waals surface area contributed by atoms with Crippen molar-refractivity contribution in [1.29, 1.82) is 0 Å². The molecule has 3 N–H and O–H groups in total. The molecular formula is C24H32N4. The third kappa shape index (κ3) is 4.16. The van der Waals surface area contributed by atoms with Gasteiger partial charge in [-0.05, 0) is 74.3 Å². The highest BCUT2D eigenvalue weighted by molar-refractivity contribution is 5.83. The molecule has 1 spiro atoms. The standard InChI is InChI=1S/C24H32N4/c1-3-4-6-20-7-5-8-23(27-20)26-18(2)21-10-9-19(25)17-22(21)28-15-13-24(11-12-24)14-16-28/h5,7-10,17H,2-4,6,11-16,25H2,1H3,(H,26,27). The Balaban J connectivity index is 1.51. The first kappa shape index (κ1) is 18.9. The van der Waals surface area contributed by atoms with Crippen LogP contribution in [-0.2, 0) is 6.42 Å². The van der Waals surface area contributed by atoms with Crippen molar-refractivity contribution in [1.82, 2.24) is 4.98 Å². The zero-order chi connectivity index (χ0) is 19.6. The number of unbranched alkanes of at least 4 members (excludes halogenated alkanes) is 1. The Morgan fingerprint density at radius 1 is 1.18 bits per heavy atom. The van der Waals surface area contributed by atoms with Gasteiger partial charge in [-0.25, -0.2) is 4.98 Å². The maximum Gasteiger partial charge on any atom is 0.130 e. The number of nitrogens with zero attached hydrogens (tertiary/aromatic N) is 2. The van der Waals surface area contributed by atoms with Crippen molar-refractivity contribution in [3.05, 3.63) is 54.2 Å². The molecule has 1 saturated heterocycles. The SMILES string of the molecule is C=C(Nc1cccc(CCCC)n1)c1ccc(N)cc1N1CCC2(CC1)CC2. The lowest BCUT2D eigenvalue weighted by molar-refractivity contribution is 0.384. The fourth-order valence-electron chi connectivity index (χ4n) is 4.23. The van der Waals surface area contributed by atoms with Crippen LogP contribution < -0.4 is 16.0 Å². The van der Waals surface area contributed by atoms with E-state index in [0.29, 0.717) is 5.41 Å². The van der Waals surface area contributed by atoms with Crippen LogP contribution in [0.2, 0.25) is 0 Å². The molecule has 1 aromatic heterocycles. The van der Waals surface area contributed by atoms with E-state index >= 15 is 0 Å². The minimum Gasteiger partial charge on any atom is -0.399 e. The van der Waals surface area contributed by atoms with E-state index in [1.807, 2.05) is 12.1 Å². The Hall–Kier alpha value is -2.49. The average Bonchev–Trinajstić information content (AvgIpc) is 3.46. The molecule has 4 rings (SSSR count). The number of aromatic nitrogens is 1. The number of pyridine rings is 1. The van der Waals surface area contributed by atoms with E-state index in [9.17, 15) is 0 Å². The van der Waals surface area contributed by atoms with Crippen LogP contribution in [0.1, 0.15) is 56.7 Å². The molecular weight excluding hydrogens is 344 g/mol. The van der Waals surface area contributed by atoms with Gasteiger partial charge in [0, 0.05) is 41.4 Å². The topological polar surface area (TPSA) is 54.2 Å². The van der Waals surface area contributed by atoms with Crippen LogP contribution in [0.3, 0.4) is 0 Å². The molecule has 148 valence electrons. The molecule has 0 atom stereocenters. The molecule has 1 aromatic carbocycles. The first-order valence-electron chi connectivity index (χ1n) is 10.7. The minimum absolute atomic E-state index is 0.662. The summed E-state index contributed by atoms with van der Waals surface area (Å²) >= 11 is 0. The zero-order valence-electron chi connectivity index (χ0n) is 17.0. The second-order valence-electron chi connectivity index (χ2n) is 8.48. The van der Waals surface area contributed by atoms with Crippen LogP contribution in [0.25, 0.3) is 5.70 Å². The fraction of sp³-hybridized carbons (Fsp3) is 0.458. The first-order valence-corrected chi connectivity index (χ1v) is 10.7. The molecule has 28 heavy (non-hydrogen) atoms.